The Labute approximate surface area is 192 Å². The number of anilines is 1. The largest absolute Gasteiger partial charge is 0.573 e. The number of carbonyl (C=O) groups is 2. The van der Waals surface area contributed by atoms with Gasteiger partial charge in [-0.15, -0.1) is 13.2 Å². The van der Waals surface area contributed by atoms with Crippen LogP contribution in [0.2, 0.25) is 0 Å². The predicted molar refractivity (Wildman–Crippen MR) is 117 cm³/mol. The summed E-state index contributed by atoms with van der Waals surface area (Å²) in [5, 5.41) is 10.7. The number of Topliss-reactive ketones (excluding diaryl/α,β-unsaturated/α-hetero) is 1. The minimum atomic E-state index is -4.92. The predicted octanol–water partition coefficient (Wildman–Crippen LogP) is 5.08. The van der Waals surface area contributed by atoms with Crippen LogP contribution in [0.5, 0.6) is 5.75 Å². The SMILES string of the molecule is O=C(CCc1ccccc1)C1=C(O)C(=O)N(c2cccc(OC(F)(F)F)c2)C1c1cccnc1. The Morgan fingerprint density at radius 3 is 2.50 bits per heavy atom. The molecule has 0 radical (unpaired) electrons. The van der Waals surface area contributed by atoms with Crippen molar-refractivity contribution in [3.63, 3.8) is 0 Å². The Morgan fingerprint density at radius 1 is 1.06 bits per heavy atom. The molecule has 1 atom stereocenters. The van der Waals surface area contributed by atoms with Gasteiger partial charge in [0.05, 0.1) is 11.6 Å². The molecule has 0 fully saturated rings. The molecule has 2 aromatic carbocycles. The van der Waals surface area contributed by atoms with Gasteiger partial charge in [0.15, 0.2) is 11.5 Å². The molecule has 0 bridgehead atoms. The number of carbonyl (C=O) groups excluding carboxylic acids is 2. The summed E-state index contributed by atoms with van der Waals surface area (Å²) < 4.78 is 42.1. The number of rotatable bonds is 7. The van der Waals surface area contributed by atoms with Crippen LogP contribution in [0.15, 0.2) is 90.5 Å². The van der Waals surface area contributed by atoms with E-state index in [0.29, 0.717) is 12.0 Å². The van der Waals surface area contributed by atoms with Crippen LogP contribution in [0, 0.1) is 0 Å². The lowest BCUT2D eigenvalue weighted by Gasteiger charge is -2.27. The first-order chi connectivity index (χ1) is 16.2. The number of hydrogen-bond donors (Lipinski definition) is 1. The Morgan fingerprint density at radius 2 is 1.82 bits per heavy atom. The van der Waals surface area contributed by atoms with Crippen molar-refractivity contribution in [3.05, 3.63) is 102 Å². The number of benzene rings is 2. The molecule has 6 nitrogen and oxygen atoms in total. The van der Waals surface area contributed by atoms with Crippen molar-refractivity contribution in [1.29, 1.82) is 0 Å². The van der Waals surface area contributed by atoms with Crippen LogP contribution in [0.1, 0.15) is 23.6 Å². The normalized spacial score (nSPS) is 16.1. The molecule has 0 aliphatic carbocycles. The number of aryl methyl sites for hydroxylation is 1. The zero-order valence-electron chi connectivity index (χ0n) is 17.7. The molecule has 1 amide bonds. The van der Waals surface area contributed by atoms with Crippen LogP contribution < -0.4 is 9.64 Å². The second-order valence-corrected chi connectivity index (χ2v) is 7.58. The fraction of sp³-hybridized carbons (Fsp3) is 0.160. The Bertz CT molecular complexity index is 1230. The van der Waals surface area contributed by atoms with Gasteiger partial charge in [0.2, 0.25) is 0 Å². The Hall–Kier alpha value is -4.14. The molecule has 1 N–H and O–H groups in total. The number of halogens is 3. The summed E-state index contributed by atoms with van der Waals surface area (Å²) in [7, 11) is 0. The van der Waals surface area contributed by atoms with Crippen molar-refractivity contribution in [1.82, 2.24) is 4.98 Å². The van der Waals surface area contributed by atoms with Crippen molar-refractivity contribution in [2.24, 2.45) is 0 Å². The van der Waals surface area contributed by atoms with E-state index < -0.39 is 35.6 Å². The van der Waals surface area contributed by atoms with E-state index in [1.54, 1.807) is 12.1 Å². The zero-order chi connectivity index (χ0) is 24.3. The molecule has 0 spiro atoms. The summed E-state index contributed by atoms with van der Waals surface area (Å²) >= 11 is 0. The number of aliphatic hydroxyl groups is 1. The summed E-state index contributed by atoms with van der Waals surface area (Å²) in [5.41, 5.74) is 1.23. The van der Waals surface area contributed by atoms with Crippen LogP contribution in [0.4, 0.5) is 18.9 Å². The number of alkyl halides is 3. The maximum atomic E-state index is 13.2. The summed E-state index contributed by atoms with van der Waals surface area (Å²) in [4.78, 5) is 31.4. The van der Waals surface area contributed by atoms with E-state index >= 15 is 0 Å². The van der Waals surface area contributed by atoms with E-state index in [0.717, 1.165) is 22.6 Å². The molecule has 34 heavy (non-hydrogen) atoms. The van der Waals surface area contributed by atoms with Gasteiger partial charge in [-0.25, -0.2) is 0 Å². The summed E-state index contributed by atoms with van der Waals surface area (Å²) in [6.07, 6.45) is -1.57. The molecule has 1 aromatic heterocycles. The summed E-state index contributed by atoms with van der Waals surface area (Å²) in [6.45, 7) is 0. The second-order valence-electron chi connectivity index (χ2n) is 7.58. The third-order valence-corrected chi connectivity index (χ3v) is 5.32. The summed E-state index contributed by atoms with van der Waals surface area (Å²) in [6, 6.07) is 16.2. The monoisotopic (exact) mass is 468 g/mol. The molecule has 0 saturated heterocycles. The maximum Gasteiger partial charge on any atom is 0.573 e. The van der Waals surface area contributed by atoms with E-state index in [1.807, 2.05) is 30.3 Å². The highest BCUT2D eigenvalue weighted by atomic mass is 19.4. The summed E-state index contributed by atoms with van der Waals surface area (Å²) in [5.74, 6) is -2.63. The topological polar surface area (TPSA) is 79.7 Å². The van der Waals surface area contributed by atoms with Crippen molar-refractivity contribution in [3.8, 4) is 5.75 Å². The minimum Gasteiger partial charge on any atom is -0.503 e. The highest BCUT2D eigenvalue weighted by Gasteiger charge is 2.44. The molecule has 1 aliphatic rings. The van der Waals surface area contributed by atoms with Crippen molar-refractivity contribution in [2.75, 3.05) is 4.90 Å². The lowest BCUT2D eigenvalue weighted by Crippen LogP contribution is -2.31. The number of aromatic nitrogens is 1. The first-order valence-electron chi connectivity index (χ1n) is 10.3. The van der Waals surface area contributed by atoms with E-state index in [2.05, 4.69) is 9.72 Å². The Balaban J connectivity index is 1.70. The molecule has 0 saturated carbocycles. The average Bonchev–Trinajstić information content (AvgIpc) is 3.08. The molecule has 174 valence electrons. The number of amides is 1. The van der Waals surface area contributed by atoms with Gasteiger partial charge in [0.1, 0.15) is 5.75 Å². The highest BCUT2D eigenvalue weighted by molar-refractivity contribution is 6.16. The Kier molecular flexibility index (Phi) is 6.36. The number of ether oxygens (including phenoxy) is 1. The number of nitrogens with zero attached hydrogens (tertiary/aromatic N) is 2. The van der Waals surface area contributed by atoms with Gasteiger partial charge in [-0.3, -0.25) is 19.5 Å². The number of pyridine rings is 1. The molecule has 3 aromatic rings. The van der Waals surface area contributed by atoms with E-state index in [1.165, 1.54) is 24.5 Å². The fourth-order valence-electron chi connectivity index (χ4n) is 3.88. The number of ketones is 1. The smallest absolute Gasteiger partial charge is 0.503 e. The molecule has 9 heteroatoms. The molecule has 2 heterocycles. The standard InChI is InChI=1S/C25H19F3N2O4/c26-25(27,28)34-19-10-4-9-18(14-19)30-22(17-8-5-13-29-15-17)21(23(32)24(30)33)20(31)12-11-16-6-2-1-3-7-16/h1-10,13-15,22,32H,11-12H2. The molecule has 1 aliphatic heterocycles. The van der Waals surface area contributed by atoms with Crippen LogP contribution in [0.3, 0.4) is 0 Å². The van der Waals surface area contributed by atoms with E-state index in [9.17, 15) is 27.9 Å². The molecular weight excluding hydrogens is 449 g/mol. The minimum absolute atomic E-state index is 0.0259. The lowest BCUT2D eigenvalue weighted by molar-refractivity contribution is -0.274. The first kappa shape index (κ1) is 23.0. The number of aliphatic hydroxyl groups excluding tert-OH is 1. The highest BCUT2D eigenvalue weighted by Crippen LogP contribution is 2.42. The van der Waals surface area contributed by atoms with Gasteiger partial charge >= 0.3 is 6.36 Å². The van der Waals surface area contributed by atoms with Gasteiger partial charge in [-0.1, -0.05) is 42.5 Å². The zero-order valence-corrected chi connectivity index (χ0v) is 17.7. The first-order valence-corrected chi connectivity index (χ1v) is 10.3. The van der Waals surface area contributed by atoms with Crippen LogP contribution in [-0.4, -0.2) is 28.1 Å². The van der Waals surface area contributed by atoms with Crippen molar-refractivity contribution >= 4 is 17.4 Å². The van der Waals surface area contributed by atoms with E-state index in [4.69, 9.17) is 0 Å². The third-order valence-electron chi connectivity index (χ3n) is 5.32. The van der Waals surface area contributed by atoms with Gasteiger partial charge in [-0.2, -0.15) is 0 Å². The number of hydrogen-bond acceptors (Lipinski definition) is 5. The molecule has 1 unspecified atom stereocenters. The second kappa shape index (κ2) is 9.38. The quantitative estimate of drug-likeness (QED) is 0.523. The maximum absolute atomic E-state index is 13.2. The van der Waals surface area contributed by atoms with Crippen molar-refractivity contribution < 1.29 is 32.6 Å². The third kappa shape index (κ3) is 4.93. The molecular formula is C25H19F3N2O4. The van der Waals surface area contributed by atoms with Gasteiger partial charge in [-0.05, 0) is 35.7 Å². The fourth-order valence-corrected chi connectivity index (χ4v) is 3.88. The lowest BCUT2D eigenvalue weighted by atomic mass is 9.94. The van der Waals surface area contributed by atoms with Crippen molar-refractivity contribution in [2.45, 2.75) is 25.2 Å². The van der Waals surface area contributed by atoms with Gasteiger partial charge in [0.25, 0.3) is 5.91 Å². The van der Waals surface area contributed by atoms with Gasteiger partial charge < -0.3 is 9.84 Å². The van der Waals surface area contributed by atoms with Gasteiger partial charge in [0, 0.05) is 30.6 Å². The van der Waals surface area contributed by atoms with Crippen LogP contribution in [0.25, 0.3) is 0 Å². The van der Waals surface area contributed by atoms with E-state index in [-0.39, 0.29) is 17.7 Å². The van der Waals surface area contributed by atoms with Crippen LogP contribution >= 0.6 is 0 Å². The van der Waals surface area contributed by atoms with Crippen LogP contribution in [-0.2, 0) is 16.0 Å². The molecule has 4 rings (SSSR count). The average molecular weight is 468 g/mol.